The lowest BCUT2D eigenvalue weighted by molar-refractivity contribution is -0.143. The number of hydrogen-bond acceptors (Lipinski definition) is 7. The molecule has 182 valence electrons. The van der Waals surface area contributed by atoms with E-state index in [1.54, 1.807) is 0 Å². The van der Waals surface area contributed by atoms with Crippen LogP contribution in [0.25, 0.3) is 0 Å². The second-order valence-electron chi connectivity index (χ2n) is 9.47. The quantitative estimate of drug-likeness (QED) is 0.590. The Morgan fingerprint density at radius 1 is 1.12 bits per heavy atom. The first kappa shape index (κ1) is 24.5. The van der Waals surface area contributed by atoms with Gasteiger partial charge in [0.15, 0.2) is 5.17 Å². The van der Waals surface area contributed by atoms with E-state index in [1.165, 1.54) is 11.8 Å². The van der Waals surface area contributed by atoms with Crippen LogP contribution in [0.15, 0.2) is 51.6 Å². The number of aryl methyl sites for hydroxylation is 1. The van der Waals surface area contributed by atoms with Crippen LogP contribution >= 0.6 is 11.8 Å². The molecular formula is C26H34N4O3S. The minimum absolute atomic E-state index is 0.114. The van der Waals surface area contributed by atoms with Gasteiger partial charge < -0.3 is 19.4 Å². The third kappa shape index (κ3) is 5.23. The first-order valence-electron chi connectivity index (χ1n) is 11.9. The molecule has 8 heteroatoms. The molecule has 4 rings (SSSR count). The Kier molecular flexibility index (Phi) is 7.48. The largest absolute Gasteiger partial charge is 0.459 e. The van der Waals surface area contributed by atoms with Gasteiger partial charge >= 0.3 is 5.97 Å². The third-order valence-corrected chi connectivity index (χ3v) is 7.25. The summed E-state index contributed by atoms with van der Waals surface area (Å²) in [4.78, 5) is 37.5. The highest BCUT2D eigenvalue weighted by molar-refractivity contribution is 8.16. The molecule has 0 aliphatic carbocycles. The molecule has 3 heterocycles. The van der Waals surface area contributed by atoms with Crippen molar-refractivity contribution in [2.75, 3.05) is 33.2 Å². The summed E-state index contributed by atoms with van der Waals surface area (Å²) in [6.45, 7) is 11.0. The number of nitrogens with zero attached hydrogens (tertiary/aromatic N) is 4. The SMILES string of the molecule is CC1=C(C(=O)OC(C)C)C(c2ccc(C)cc2)N2C(CC(=O)N3CCCN(C)CC3)=CSC2=N1. The fraction of sp³-hybridized carbons (Fsp3) is 0.500. The highest BCUT2D eigenvalue weighted by atomic mass is 32.2. The lowest BCUT2D eigenvalue weighted by atomic mass is 9.93. The number of rotatable bonds is 5. The zero-order valence-corrected chi connectivity index (χ0v) is 21.5. The molecule has 3 aliphatic rings. The van der Waals surface area contributed by atoms with Gasteiger partial charge in [-0.05, 0) is 58.7 Å². The number of esters is 1. The molecule has 3 aliphatic heterocycles. The highest BCUT2D eigenvalue weighted by Crippen LogP contribution is 2.45. The minimum atomic E-state index is -0.385. The Morgan fingerprint density at radius 2 is 1.85 bits per heavy atom. The number of aliphatic imine (C=N–C) groups is 1. The summed E-state index contributed by atoms with van der Waals surface area (Å²) in [5.74, 6) is -0.248. The lowest BCUT2D eigenvalue weighted by Gasteiger charge is -2.37. The van der Waals surface area contributed by atoms with Crippen LogP contribution in [0.3, 0.4) is 0 Å². The number of fused-ring (bicyclic) bond motifs is 1. The van der Waals surface area contributed by atoms with E-state index >= 15 is 0 Å². The molecule has 0 spiro atoms. The average molecular weight is 483 g/mol. The summed E-state index contributed by atoms with van der Waals surface area (Å²) in [6, 6.07) is 7.81. The molecule has 0 aromatic heterocycles. The number of hydrogen-bond donors (Lipinski definition) is 0. The molecule has 1 amide bonds. The fourth-order valence-corrected chi connectivity index (χ4v) is 5.50. The van der Waals surface area contributed by atoms with Crippen LogP contribution in [0.1, 0.15) is 50.8 Å². The van der Waals surface area contributed by atoms with Crippen molar-refractivity contribution in [1.82, 2.24) is 14.7 Å². The molecule has 1 fully saturated rings. The summed E-state index contributed by atoms with van der Waals surface area (Å²) in [7, 11) is 2.10. The molecule has 0 N–H and O–H groups in total. The Bertz CT molecular complexity index is 1040. The van der Waals surface area contributed by atoms with Crippen molar-refractivity contribution in [2.24, 2.45) is 4.99 Å². The Labute approximate surface area is 206 Å². The Morgan fingerprint density at radius 3 is 2.56 bits per heavy atom. The normalized spacial score (nSPS) is 21.3. The van der Waals surface area contributed by atoms with Gasteiger partial charge in [0, 0.05) is 25.3 Å². The predicted octanol–water partition coefficient (Wildman–Crippen LogP) is 4.08. The fourth-order valence-electron chi connectivity index (χ4n) is 4.54. The standard InChI is InChI=1S/C26H34N4O3S/c1-17(2)33-25(32)23-19(4)27-26-30(24(23)20-9-7-18(3)8-10-20)21(16-34-26)15-22(31)29-12-6-11-28(5)13-14-29/h7-10,16-17,24H,6,11-15H2,1-5H3. The van der Waals surface area contributed by atoms with Gasteiger partial charge in [0.05, 0.1) is 29.8 Å². The van der Waals surface area contributed by atoms with E-state index in [0.29, 0.717) is 11.3 Å². The second-order valence-corrected chi connectivity index (χ2v) is 10.3. The number of thioether (sulfide) groups is 1. The van der Waals surface area contributed by atoms with Crippen molar-refractivity contribution < 1.29 is 14.3 Å². The molecule has 0 radical (unpaired) electrons. The predicted molar refractivity (Wildman–Crippen MR) is 136 cm³/mol. The van der Waals surface area contributed by atoms with E-state index in [4.69, 9.17) is 9.73 Å². The second kappa shape index (κ2) is 10.4. The van der Waals surface area contributed by atoms with E-state index in [1.807, 2.05) is 62.3 Å². The highest BCUT2D eigenvalue weighted by Gasteiger charge is 2.41. The van der Waals surface area contributed by atoms with Crippen LogP contribution in [0.2, 0.25) is 0 Å². The number of likely N-dealkylation sites (N-methyl/N-ethyl adjacent to an activating group) is 1. The number of amides is 1. The van der Waals surface area contributed by atoms with Gasteiger partial charge in [-0.2, -0.15) is 0 Å². The van der Waals surface area contributed by atoms with Gasteiger partial charge in [-0.3, -0.25) is 4.79 Å². The molecule has 1 aromatic carbocycles. The van der Waals surface area contributed by atoms with E-state index in [0.717, 1.165) is 54.6 Å². The first-order chi connectivity index (χ1) is 16.2. The number of carbonyl (C=O) groups excluding carboxylic acids is 2. The molecule has 34 heavy (non-hydrogen) atoms. The smallest absolute Gasteiger partial charge is 0.338 e. The van der Waals surface area contributed by atoms with Crippen molar-refractivity contribution in [3.8, 4) is 0 Å². The van der Waals surface area contributed by atoms with Crippen molar-refractivity contribution in [2.45, 2.75) is 52.7 Å². The Balaban J connectivity index is 1.65. The van der Waals surface area contributed by atoms with Crippen LogP contribution < -0.4 is 0 Å². The summed E-state index contributed by atoms with van der Waals surface area (Å²) in [5, 5.41) is 2.80. The summed E-state index contributed by atoms with van der Waals surface area (Å²) in [6.07, 6.45) is 1.03. The number of allylic oxidation sites excluding steroid dienone is 1. The third-order valence-electron chi connectivity index (χ3n) is 6.36. The van der Waals surface area contributed by atoms with Crippen LogP contribution in [0.4, 0.5) is 0 Å². The van der Waals surface area contributed by atoms with Crippen molar-refractivity contribution in [3.05, 3.63) is 57.8 Å². The van der Waals surface area contributed by atoms with Crippen LogP contribution in [-0.2, 0) is 14.3 Å². The molecule has 0 saturated carbocycles. The molecule has 1 saturated heterocycles. The summed E-state index contributed by atoms with van der Waals surface area (Å²) in [5.41, 5.74) is 4.18. The number of ether oxygens (including phenoxy) is 1. The van der Waals surface area contributed by atoms with Crippen LogP contribution in [0, 0.1) is 6.92 Å². The molecule has 1 atom stereocenters. The topological polar surface area (TPSA) is 65.5 Å². The van der Waals surface area contributed by atoms with Gasteiger partial charge in [-0.25, -0.2) is 9.79 Å². The number of amidine groups is 1. The zero-order chi connectivity index (χ0) is 24.4. The van der Waals surface area contributed by atoms with Gasteiger partial charge in [0.2, 0.25) is 5.91 Å². The van der Waals surface area contributed by atoms with Gasteiger partial charge in [-0.1, -0.05) is 41.6 Å². The molecule has 0 bridgehead atoms. The van der Waals surface area contributed by atoms with E-state index in [9.17, 15) is 9.59 Å². The monoisotopic (exact) mass is 482 g/mol. The van der Waals surface area contributed by atoms with Crippen LogP contribution in [-0.4, -0.2) is 71.1 Å². The van der Waals surface area contributed by atoms with Gasteiger partial charge in [-0.15, -0.1) is 0 Å². The van der Waals surface area contributed by atoms with Gasteiger partial charge in [0.1, 0.15) is 0 Å². The van der Waals surface area contributed by atoms with Crippen molar-refractivity contribution in [1.29, 1.82) is 0 Å². The first-order valence-corrected chi connectivity index (χ1v) is 12.8. The van der Waals surface area contributed by atoms with E-state index in [-0.39, 0.29) is 30.4 Å². The summed E-state index contributed by atoms with van der Waals surface area (Å²) < 4.78 is 5.62. The number of carbonyl (C=O) groups is 2. The Hall–Kier alpha value is -2.58. The zero-order valence-electron chi connectivity index (χ0n) is 20.7. The van der Waals surface area contributed by atoms with Crippen LogP contribution in [0.5, 0.6) is 0 Å². The van der Waals surface area contributed by atoms with Crippen molar-refractivity contribution in [3.63, 3.8) is 0 Å². The molecule has 7 nitrogen and oxygen atoms in total. The molecule has 1 aromatic rings. The molecular weight excluding hydrogens is 448 g/mol. The summed E-state index contributed by atoms with van der Waals surface area (Å²) >= 11 is 1.51. The van der Waals surface area contributed by atoms with E-state index in [2.05, 4.69) is 16.8 Å². The van der Waals surface area contributed by atoms with E-state index < -0.39 is 0 Å². The van der Waals surface area contributed by atoms with Crippen molar-refractivity contribution >= 4 is 28.8 Å². The minimum Gasteiger partial charge on any atom is -0.459 e. The molecule has 1 unspecified atom stereocenters. The average Bonchev–Trinajstić information content (AvgIpc) is 3.02. The van der Waals surface area contributed by atoms with Gasteiger partial charge in [0.25, 0.3) is 0 Å². The number of benzene rings is 1. The maximum absolute atomic E-state index is 13.3. The lowest BCUT2D eigenvalue weighted by Crippen LogP contribution is -2.39. The maximum Gasteiger partial charge on any atom is 0.338 e. The maximum atomic E-state index is 13.3.